The number of benzene rings is 1. The van der Waals surface area contributed by atoms with Crippen LogP contribution in [0.3, 0.4) is 0 Å². The van der Waals surface area contributed by atoms with E-state index < -0.39 is 11.9 Å². The van der Waals surface area contributed by atoms with Gasteiger partial charge in [-0.05, 0) is 12.1 Å². The molecule has 1 heterocycles. The van der Waals surface area contributed by atoms with Crippen LogP contribution in [0, 0.1) is 0 Å². The Labute approximate surface area is 124 Å². The first-order chi connectivity index (χ1) is 9.77. The molecule has 0 bridgehead atoms. The summed E-state index contributed by atoms with van der Waals surface area (Å²) in [5, 5.41) is 12.6. The molecule has 0 aliphatic rings. The Kier molecular flexibility index (Phi) is 4.53. The van der Waals surface area contributed by atoms with Crippen LogP contribution >= 0.6 is 11.3 Å². The third kappa shape index (κ3) is 3.95. The van der Waals surface area contributed by atoms with Gasteiger partial charge in [-0.1, -0.05) is 26.0 Å². The fourth-order valence-corrected chi connectivity index (χ4v) is 2.78. The summed E-state index contributed by atoms with van der Waals surface area (Å²) in [6.07, 6.45) is -4.49. The van der Waals surface area contributed by atoms with E-state index >= 15 is 0 Å². The van der Waals surface area contributed by atoms with Crippen LogP contribution < -0.4 is 5.32 Å². The Morgan fingerprint density at radius 1 is 1.33 bits per heavy atom. The van der Waals surface area contributed by atoms with Crippen LogP contribution in [0.5, 0.6) is 5.75 Å². The average molecular weight is 316 g/mol. The number of nitrogens with zero attached hydrogens (tertiary/aromatic N) is 1. The third-order valence-electron chi connectivity index (χ3n) is 2.73. The lowest BCUT2D eigenvalue weighted by molar-refractivity contribution is -0.141. The largest absolute Gasteiger partial charge is 0.508 e. The maximum absolute atomic E-state index is 13.0. The summed E-state index contributed by atoms with van der Waals surface area (Å²) in [4.78, 5) is 3.86. The number of alkyl halides is 3. The van der Waals surface area contributed by atoms with Crippen LogP contribution in [0.15, 0.2) is 24.3 Å². The Hall–Kier alpha value is -1.60. The van der Waals surface area contributed by atoms with Crippen molar-refractivity contribution >= 4 is 11.3 Å². The molecule has 114 valence electrons. The lowest BCUT2D eigenvalue weighted by atomic mass is 10.2. The highest BCUT2D eigenvalue weighted by Crippen LogP contribution is 2.38. The van der Waals surface area contributed by atoms with Crippen molar-refractivity contribution in [1.29, 1.82) is 0 Å². The zero-order valence-electron chi connectivity index (χ0n) is 11.5. The van der Waals surface area contributed by atoms with Gasteiger partial charge in [0.1, 0.15) is 10.8 Å². The quantitative estimate of drug-likeness (QED) is 0.895. The number of thiazole rings is 1. The smallest absolute Gasteiger partial charge is 0.434 e. The number of rotatable bonds is 4. The fraction of sp³-hybridized carbons (Fsp3) is 0.357. The van der Waals surface area contributed by atoms with E-state index in [0.29, 0.717) is 5.56 Å². The van der Waals surface area contributed by atoms with E-state index in [-0.39, 0.29) is 28.2 Å². The van der Waals surface area contributed by atoms with Gasteiger partial charge in [-0.25, -0.2) is 4.98 Å². The zero-order valence-corrected chi connectivity index (χ0v) is 12.3. The molecule has 0 aliphatic heterocycles. The van der Waals surface area contributed by atoms with Crippen molar-refractivity contribution in [3.8, 4) is 16.3 Å². The Morgan fingerprint density at radius 2 is 2.05 bits per heavy atom. The summed E-state index contributed by atoms with van der Waals surface area (Å²) in [5.41, 5.74) is -0.389. The number of aromatic nitrogens is 1. The average Bonchev–Trinajstić information content (AvgIpc) is 2.80. The van der Waals surface area contributed by atoms with E-state index in [1.54, 1.807) is 12.1 Å². The Morgan fingerprint density at radius 3 is 2.62 bits per heavy atom. The SMILES string of the molecule is CC(C)NCc1sc(-c2cccc(O)c2)nc1C(F)(F)F. The molecule has 21 heavy (non-hydrogen) atoms. The first-order valence-electron chi connectivity index (χ1n) is 6.37. The van der Waals surface area contributed by atoms with Gasteiger partial charge in [-0.3, -0.25) is 0 Å². The highest BCUT2D eigenvalue weighted by atomic mass is 32.1. The maximum atomic E-state index is 13.0. The van der Waals surface area contributed by atoms with Crippen molar-refractivity contribution in [3.05, 3.63) is 34.8 Å². The highest BCUT2D eigenvalue weighted by molar-refractivity contribution is 7.15. The van der Waals surface area contributed by atoms with Gasteiger partial charge < -0.3 is 10.4 Å². The molecule has 0 saturated carbocycles. The van der Waals surface area contributed by atoms with Crippen molar-refractivity contribution in [2.24, 2.45) is 0 Å². The second-order valence-electron chi connectivity index (χ2n) is 4.87. The molecule has 0 aliphatic carbocycles. The molecule has 0 atom stereocenters. The molecule has 7 heteroatoms. The zero-order chi connectivity index (χ0) is 15.6. The molecular formula is C14H15F3N2OS. The summed E-state index contributed by atoms with van der Waals surface area (Å²) in [6.45, 7) is 3.85. The van der Waals surface area contributed by atoms with E-state index in [1.807, 2.05) is 13.8 Å². The van der Waals surface area contributed by atoms with E-state index in [0.717, 1.165) is 11.3 Å². The topological polar surface area (TPSA) is 45.1 Å². The Bertz CT molecular complexity index is 623. The molecule has 0 saturated heterocycles. The molecule has 1 aromatic heterocycles. The molecule has 0 spiro atoms. The van der Waals surface area contributed by atoms with Gasteiger partial charge in [0.2, 0.25) is 0 Å². The molecular weight excluding hydrogens is 301 g/mol. The Balaban J connectivity index is 2.40. The number of nitrogens with one attached hydrogen (secondary N) is 1. The number of hydrogen-bond donors (Lipinski definition) is 2. The molecule has 2 rings (SSSR count). The minimum atomic E-state index is -4.49. The maximum Gasteiger partial charge on any atom is 0.434 e. The van der Waals surface area contributed by atoms with E-state index in [2.05, 4.69) is 10.3 Å². The van der Waals surface area contributed by atoms with Crippen LogP contribution in [0.4, 0.5) is 13.2 Å². The van der Waals surface area contributed by atoms with Gasteiger partial charge in [-0.2, -0.15) is 13.2 Å². The van der Waals surface area contributed by atoms with E-state index in [9.17, 15) is 18.3 Å². The van der Waals surface area contributed by atoms with Crippen LogP contribution in [0.2, 0.25) is 0 Å². The summed E-state index contributed by atoms with van der Waals surface area (Å²) in [7, 11) is 0. The van der Waals surface area contributed by atoms with Crippen molar-refractivity contribution in [1.82, 2.24) is 10.3 Å². The molecule has 1 aromatic carbocycles. The highest BCUT2D eigenvalue weighted by Gasteiger charge is 2.37. The normalized spacial score (nSPS) is 12.1. The standard InChI is InChI=1S/C14H15F3N2OS/c1-8(2)18-7-11-12(14(15,16)17)19-13(21-11)9-4-3-5-10(20)6-9/h3-6,8,18,20H,7H2,1-2H3. The number of phenols is 1. The molecule has 0 unspecified atom stereocenters. The molecule has 0 amide bonds. The third-order valence-corrected chi connectivity index (χ3v) is 3.83. The number of halogens is 3. The van der Waals surface area contributed by atoms with Crippen LogP contribution in [-0.2, 0) is 12.7 Å². The van der Waals surface area contributed by atoms with Crippen LogP contribution in [-0.4, -0.2) is 16.1 Å². The van der Waals surface area contributed by atoms with E-state index in [1.165, 1.54) is 12.1 Å². The van der Waals surface area contributed by atoms with Crippen molar-refractivity contribution in [3.63, 3.8) is 0 Å². The van der Waals surface area contributed by atoms with Gasteiger partial charge in [0.05, 0.1) is 4.88 Å². The van der Waals surface area contributed by atoms with Crippen molar-refractivity contribution in [2.45, 2.75) is 32.6 Å². The monoisotopic (exact) mass is 316 g/mol. The molecule has 0 radical (unpaired) electrons. The number of aromatic hydroxyl groups is 1. The predicted octanol–water partition coefficient (Wildman–Crippen LogP) is 4.03. The predicted molar refractivity (Wildman–Crippen MR) is 76.2 cm³/mol. The summed E-state index contributed by atoms with van der Waals surface area (Å²) in [6, 6.07) is 6.14. The van der Waals surface area contributed by atoms with E-state index in [4.69, 9.17) is 0 Å². The van der Waals surface area contributed by atoms with Gasteiger partial charge in [0.25, 0.3) is 0 Å². The van der Waals surface area contributed by atoms with Crippen molar-refractivity contribution < 1.29 is 18.3 Å². The number of phenolic OH excluding ortho intramolecular Hbond substituents is 1. The second-order valence-corrected chi connectivity index (χ2v) is 5.96. The summed E-state index contributed by atoms with van der Waals surface area (Å²) >= 11 is 0.985. The first kappa shape index (κ1) is 15.8. The number of hydrogen-bond acceptors (Lipinski definition) is 4. The van der Waals surface area contributed by atoms with Crippen LogP contribution in [0.25, 0.3) is 10.6 Å². The molecule has 2 N–H and O–H groups in total. The minimum absolute atomic E-state index is 0.00175. The molecule has 0 fully saturated rings. The van der Waals surface area contributed by atoms with Crippen molar-refractivity contribution in [2.75, 3.05) is 0 Å². The lowest BCUT2D eigenvalue weighted by Crippen LogP contribution is -2.23. The van der Waals surface area contributed by atoms with Gasteiger partial charge in [-0.15, -0.1) is 11.3 Å². The van der Waals surface area contributed by atoms with Gasteiger partial charge in [0.15, 0.2) is 5.69 Å². The molecule has 2 aromatic rings. The summed E-state index contributed by atoms with van der Waals surface area (Å²) < 4.78 is 39.1. The molecule has 3 nitrogen and oxygen atoms in total. The first-order valence-corrected chi connectivity index (χ1v) is 7.18. The lowest BCUT2D eigenvalue weighted by Gasteiger charge is -2.09. The minimum Gasteiger partial charge on any atom is -0.508 e. The van der Waals surface area contributed by atoms with Gasteiger partial charge >= 0.3 is 6.18 Å². The van der Waals surface area contributed by atoms with Gasteiger partial charge in [0, 0.05) is 18.2 Å². The second kappa shape index (κ2) is 6.03. The fourth-order valence-electron chi connectivity index (χ4n) is 1.75. The van der Waals surface area contributed by atoms with Crippen LogP contribution in [0.1, 0.15) is 24.4 Å². The summed E-state index contributed by atoms with van der Waals surface area (Å²) in [5.74, 6) is -0.00175.